The molecule has 0 fully saturated rings. The maximum atomic E-state index is 6.24. The van der Waals surface area contributed by atoms with E-state index in [1.807, 2.05) is 18.2 Å². The first kappa shape index (κ1) is 14.1. The number of imidazole rings is 1. The third-order valence-electron chi connectivity index (χ3n) is 3.58. The molecule has 108 valence electrons. The number of hydrogen-bond donors (Lipinski definition) is 2. The lowest BCUT2D eigenvalue weighted by Gasteiger charge is -2.04. The molecule has 0 aliphatic carbocycles. The van der Waals surface area contributed by atoms with Crippen LogP contribution in [-0.2, 0) is 0 Å². The zero-order valence-corrected chi connectivity index (χ0v) is 13.7. The van der Waals surface area contributed by atoms with Gasteiger partial charge in [0.1, 0.15) is 10.3 Å². The molecular formula is C16H17BrN4. The van der Waals surface area contributed by atoms with Crippen LogP contribution in [0.25, 0.3) is 16.7 Å². The van der Waals surface area contributed by atoms with E-state index in [4.69, 9.17) is 5.73 Å². The number of H-pyrrole nitrogens is 1. The highest BCUT2D eigenvalue weighted by atomic mass is 79.9. The van der Waals surface area contributed by atoms with Crippen molar-refractivity contribution >= 4 is 37.3 Å². The average molecular weight is 345 g/mol. The predicted molar refractivity (Wildman–Crippen MR) is 91.3 cm³/mol. The van der Waals surface area contributed by atoms with Gasteiger partial charge in [0, 0.05) is 12.1 Å². The summed E-state index contributed by atoms with van der Waals surface area (Å²) in [5, 5.41) is 0. The molecule has 0 bridgehead atoms. The lowest BCUT2D eigenvalue weighted by Crippen LogP contribution is -2.02. The topological polar surface area (TPSA) is 67.1 Å². The third-order valence-corrected chi connectivity index (χ3v) is 3.99. The predicted octanol–water partition coefficient (Wildman–Crippen LogP) is 4.03. The van der Waals surface area contributed by atoms with Gasteiger partial charge in [0.2, 0.25) is 0 Å². The summed E-state index contributed by atoms with van der Waals surface area (Å²) < 4.78 is 0.784. The Kier molecular flexibility index (Phi) is 3.68. The number of nitrogens with two attached hydrogens (primary N) is 1. The normalized spacial score (nSPS) is 16.0. The molecule has 1 aromatic heterocycles. The van der Waals surface area contributed by atoms with Gasteiger partial charge in [-0.15, -0.1) is 0 Å². The van der Waals surface area contributed by atoms with E-state index in [0.717, 1.165) is 45.7 Å². The largest absolute Gasteiger partial charge is 0.400 e. The van der Waals surface area contributed by atoms with Crippen LogP contribution < -0.4 is 5.73 Å². The average Bonchev–Trinajstić information content (AvgIpc) is 2.79. The van der Waals surface area contributed by atoms with E-state index in [9.17, 15) is 0 Å². The van der Waals surface area contributed by atoms with Gasteiger partial charge in [-0.3, -0.25) is 0 Å². The second kappa shape index (κ2) is 5.48. The molecule has 2 aromatic rings. The fraction of sp³-hybridized carbons (Fsp3) is 0.250. The highest BCUT2D eigenvalue weighted by Gasteiger charge is 2.15. The Balaban J connectivity index is 2.11. The Morgan fingerprint density at radius 2 is 2.19 bits per heavy atom. The van der Waals surface area contributed by atoms with Crippen LogP contribution >= 0.6 is 15.9 Å². The lowest BCUT2D eigenvalue weighted by atomic mass is 10.1. The highest BCUT2D eigenvalue weighted by molar-refractivity contribution is 9.18. The molecule has 2 heterocycles. The van der Waals surface area contributed by atoms with Crippen LogP contribution in [0.1, 0.15) is 31.2 Å². The molecule has 0 saturated heterocycles. The van der Waals surface area contributed by atoms with Crippen molar-refractivity contribution in [2.45, 2.75) is 26.7 Å². The molecule has 0 saturated carbocycles. The third kappa shape index (κ3) is 2.78. The van der Waals surface area contributed by atoms with Crippen molar-refractivity contribution in [3.8, 4) is 0 Å². The molecule has 4 nitrogen and oxygen atoms in total. The summed E-state index contributed by atoms with van der Waals surface area (Å²) in [5.41, 5.74) is 12.1. The summed E-state index contributed by atoms with van der Waals surface area (Å²) in [4.78, 5) is 12.5. The number of aromatic nitrogens is 2. The van der Waals surface area contributed by atoms with Gasteiger partial charge in [-0.1, -0.05) is 18.6 Å². The van der Waals surface area contributed by atoms with E-state index in [-0.39, 0.29) is 0 Å². The quantitative estimate of drug-likeness (QED) is 0.863. The van der Waals surface area contributed by atoms with Gasteiger partial charge in [-0.05, 0) is 53.0 Å². The monoisotopic (exact) mass is 344 g/mol. The minimum absolute atomic E-state index is 0.718. The number of aryl methyl sites for hydroxylation is 1. The summed E-state index contributed by atoms with van der Waals surface area (Å²) in [6.45, 7) is 4.18. The molecule has 3 N–H and O–H groups in total. The van der Waals surface area contributed by atoms with Gasteiger partial charge in [-0.25, -0.2) is 9.98 Å². The van der Waals surface area contributed by atoms with Gasteiger partial charge in [0.05, 0.1) is 11.0 Å². The fourth-order valence-electron chi connectivity index (χ4n) is 2.43. The van der Waals surface area contributed by atoms with Crippen molar-refractivity contribution in [3.63, 3.8) is 0 Å². The summed E-state index contributed by atoms with van der Waals surface area (Å²) in [6.07, 6.45) is 3.71. The van der Waals surface area contributed by atoms with E-state index in [2.05, 4.69) is 50.8 Å². The number of halogens is 1. The van der Waals surface area contributed by atoms with Crippen molar-refractivity contribution in [2.24, 2.45) is 10.7 Å². The number of allylic oxidation sites excluding steroid dienone is 2. The minimum Gasteiger partial charge on any atom is -0.400 e. The summed E-state index contributed by atoms with van der Waals surface area (Å²) in [6, 6.07) is 6.13. The fourth-order valence-corrected chi connectivity index (χ4v) is 2.93. The van der Waals surface area contributed by atoms with Crippen LogP contribution in [0.4, 0.5) is 0 Å². The number of benzene rings is 1. The molecule has 1 aliphatic rings. The first-order chi connectivity index (χ1) is 10.1. The van der Waals surface area contributed by atoms with Crippen molar-refractivity contribution in [2.75, 3.05) is 0 Å². The minimum atomic E-state index is 0.718. The highest BCUT2D eigenvalue weighted by Crippen LogP contribution is 2.27. The van der Waals surface area contributed by atoms with Crippen LogP contribution in [0.2, 0.25) is 0 Å². The summed E-state index contributed by atoms with van der Waals surface area (Å²) in [5.74, 6) is 0.718. The SMILES string of the molecule is CCC1=CC(Br)=NC(c2nc3ccc(C)cc3[nH]2)=C(N)C1. The van der Waals surface area contributed by atoms with E-state index in [1.54, 1.807) is 0 Å². The van der Waals surface area contributed by atoms with E-state index in [1.165, 1.54) is 11.1 Å². The summed E-state index contributed by atoms with van der Waals surface area (Å²) in [7, 11) is 0. The Morgan fingerprint density at radius 1 is 1.38 bits per heavy atom. The van der Waals surface area contributed by atoms with Crippen molar-refractivity contribution in [3.05, 3.63) is 46.9 Å². The van der Waals surface area contributed by atoms with E-state index < -0.39 is 0 Å². The second-order valence-electron chi connectivity index (χ2n) is 5.25. The molecule has 1 aromatic carbocycles. The van der Waals surface area contributed by atoms with Crippen LogP contribution in [0.15, 0.2) is 40.5 Å². The smallest absolute Gasteiger partial charge is 0.159 e. The Labute approximate surface area is 132 Å². The number of nitrogens with zero attached hydrogens (tertiary/aromatic N) is 2. The molecule has 21 heavy (non-hydrogen) atoms. The van der Waals surface area contributed by atoms with E-state index in [0.29, 0.717) is 0 Å². The number of rotatable bonds is 2. The Bertz CT molecular complexity index is 796. The van der Waals surface area contributed by atoms with Gasteiger partial charge >= 0.3 is 0 Å². The van der Waals surface area contributed by atoms with Crippen molar-refractivity contribution in [1.82, 2.24) is 9.97 Å². The first-order valence-corrected chi connectivity index (χ1v) is 7.75. The number of hydrogen-bond acceptors (Lipinski definition) is 3. The second-order valence-corrected chi connectivity index (χ2v) is 6.06. The molecule has 0 amide bonds. The molecule has 3 rings (SSSR count). The number of aliphatic imine (C=N–C) groups is 1. The molecule has 0 unspecified atom stereocenters. The maximum absolute atomic E-state index is 6.24. The number of fused-ring (bicyclic) bond motifs is 1. The maximum Gasteiger partial charge on any atom is 0.159 e. The van der Waals surface area contributed by atoms with Crippen LogP contribution in [0.3, 0.4) is 0 Å². The van der Waals surface area contributed by atoms with Crippen LogP contribution in [0.5, 0.6) is 0 Å². The van der Waals surface area contributed by atoms with Crippen molar-refractivity contribution in [1.29, 1.82) is 0 Å². The molecule has 0 atom stereocenters. The number of aromatic amines is 1. The molecule has 0 spiro atoms. The Hall–Kier alpha value is -1.88. The molecular weight excluding hydrogens is 328 g/mol. The van der Waals surface area contributed by atoms with E-state index >= 15 is 0 Å². The molecule has 0 radical (unpaired) electrons. The van der Waals surface area contributed by atoms with Gasteiger partial charge < -0.3 is 10.7 Å². The Morgan fingerprint density at radius 3 is 2.95 bits per heavy atom. The summed E-state index contributed by atoms with van der Waals surface area (Å²) >= 11 is 3.48. The standard InChI is InChI=1S/C16H17BrN4/c1-3-10-7-11(18)15(21-14(17)8-10)16-19-12-5-4-9(2)6-13(12)20-16/h4-6,8H,3,7,18H2,1-2H3,(H,19,20). The molecule has 5 heteroatoms. The zero-order valence-electron chi connectivity index (χ0n) is 12.1. The zero-order chi connectivity index (χ0) is 15.0. The first-order valence-electron chi connectivity index (χ1n) is 6.96. The molecule has 1 aliphatic heterocycles. The van der Waals surface area contributed by atoms with Gasteiger partial charge in [0.15, 0.2) is 5.82 Å². The number of nitrogens with one attached hydrogen (secondary N) is 1. The lowest BCUT2D eigenvalue weighted by molar-refractivity contribution is 0.980. The van der Waals surface area contributed by atoms with Crippen molar-refractivity contribution < 1.29 is 0 Å². The van der Waals surface area contributed by atoms with Crippen LogP contribution in [-0.4, -0.2) is 14.6 Å². The van der Waals surface area contributed by atoms with Gasteiger partial charge in [-0.2, -0.15) is 0 Å². The van der Waals surface area contributed by atoms with Gasteiger partial charge in [0.25, 0.3) is 0 Å². The van der Waals surface area contributed by atoms with Crippen LogP contribution in [0, 0.1) is 6.92 Å².